The number of nitrogens with two attached hydrogens (primary N) is 2. The maximum atomic E-state index is 14.1. The van der Waals surface area contributed by atoms with Gasteiger partial charge in [0.15, 0.2) is 6.17 Å². The summed E-state index contributed by atoms with van der Waals surface area (Å²) < 4.78 is 18.7. The molecule has 0 heterocycles. The van der Waals surface area contributed by atoms with Crippen molar-refractivity contribution in [2.45, 2.75) is 31.2 Å². The lowest BCUT2D eigenvalue weighted by molar-refractivity contribution is -0.145. The summed E-state index contributed by atoms with van der Waals surface area (Å²) in [6.07, 6.45) is -2.22. The van der Waals surface area contributed by atoms with Crippen molar-refractivity contribution >= 4 is 5.97 Å². The molecule has 0 spiro atoms. The summed E-state index contributed by atoms with van der Waals surface area (Å²) >= 11 is 0. The monoisotopic (exact) mass is 298 g/mol. The van der Waals surface area contributed by atoms with Crippen molar-refractivity contribution in [1.82, 2.24) is 0 Å². The van der Waals surface area contributed by atoms with Gasteiger partial charge in [-0.1, -0.05) is 30.3 Å². The third-order valence-corrected chi connectivity index (χ3v) is 3.53. The van der Waals surface area contributed by atoms with Crippen LogP contribution >= 0.6 is 0 Å². The van der Waals surface area contributed by atoms with Crippen LogP contribution in [0.2, 0.25) is 0 Å². The van der Waals surface area contributed by atoms with Gasteiger partial charge in [-0.15, -0.1) is 0 Å². The highest BCUT2D eigenvalue weighted by molar-refractivity contribution is 5.73. The molecule has 1 rings (SSSR count). The number of rotatable bonds is 8. The Morgan fingerprint density at radius 3 is 2.48 bits per heavy atom. The molecule has 2 unspecified atom stereocenters. The van der Waals surface area contributed by atoms with Gasteiger partial charge >= 0.3 is 5.97 Å². The van der Waals surface area contributed by atoms with Crippen LogP contribution in [0.4, 0.5) is 4.39 Å². The molecule has 0 saturated carbocycles. The molecule has 0 amide bonds. The van der Waals surface area contributed by atoms with Gasteiger partial charge in [0.25, 0.3) is 0 Å². The van der Waals surface area contributed by atoms with E-state index < -0.39 is 30.2 Å². The molecule has 6 heteroatoms. The van der Waals surface area contributed by atoms with Crippen molar-refractivity contribution in [1.29, 1.82) is 0 Å². The van der Waals surface area contributed by atoms with Gasteiger partial charge in [0.1, 0.15) is 0 Å². The first-order chi connectivity index (χ1) is 10.0. The van der Waals surface area contributed by atoms with Gasteiger partial charge in [-0.05, 0) is 18.4 Å². The highest BCUT2D eigenvalue weighted by Gasteiger charge is 2.27. The standard InChI is InChI=1S/C15H23FN2O3/c1-21-15(20)11(9-17)12(18)7-8-13(19)14(16)10-5-3-2-4-6-10/h2-6,11-14,19H,7-9,17-18H2,1H3/t11-,12-,13?,14?/m1/s1. The number of hydrogen-bond donors (Lipinski definition) is 3. The summed E-state index contributed by atoms with van der Waals surface area (Å²) in [4.78, 5) is 11.5. The smallest absolute Gasteiger partial charge is 0.311 e. The number of carbonyl (C=O) groups excluding carboxylic acids is 1. The van der Waals surface area contributed by atoms with Crippen LogP contribution in [0.25, 0.3) is 0 Å². The summed E-state index contributed by atoms with van der Waals surface area (Å²) in [6, 6.07) is 7.86. The van der Waals surface area contributed by atoms with Gasteiger partial charge in [0.2, 0.25) is 0 Å². The molecule has 0 aliphatic rings. The predicted octanol–water partition coefficient (Wildman–Crippen LogP) is 0.914. The fourth-order valence-corrected chi connectivity index (χ4v) is 2.17. The van der Waals surface area contributed by atoms with Crippen molar-refractivity contribution in [3.63, 3.8) is 0 Å². The van der Waals surface area contributed by atoms with Crippen LogP contribution in [0.1, 0.15) is 24.6 Å². The van der Waals surface area contributed by atoms with Crippen LogP contribution in [-0.2, 0) is 9.53 Å². The summed E-state index contributed by atoms with van der Waals surface area (Å²) in [7, 11) is 1.26. The first kappa shape index (κ1) is 17.6. The number of ether oxygens (including phenoxy) is 1. The molecule has 0 aliphatic carbocycles. The molecule has 4 atom stereocenters. The minimum Gasteiger partial charge on any atom is -0.469 e. The molecule has 118 valence electrons. The van der Waals surface area contributed by atoms with Crippen LogP contribution in [0, 0.1) is 5.92 Å². The van der Waals surface area contributed by atoms with E-state index in [4.69, 9.17) is 11.5 Å². The van der Waals surface area contributed by atoms with E-state index in [0.717, 1.165) is 0 Å². The van der Waals surface area contributed by atoms with Crippen LogP contribution in [0.3, 0.4) is 0 Å². The molecule has 1 aromatic rings. The summed E-state index contributed by atoms with van der Waals surface area (Å²) in [5.74, 6) is -1.13. The van der Waals surface area contributed by atoms with Gasteiger partial charge < -0.3 is 21.3 Å². The number of carbonyl (C=O) groups is 1. The van der Waals surface area contributed by atoms with Crippen molar-refractivity contribution in [3.05, 3.63) is 35.9 Å². The Balaban J connectivity index is 2.52. The van der Waals surface area contributed by atoms with E-state index in [0.29, 0.717) is 5.56 Å². The Kier molecular flexibility index (Phi) is 7.28. The first-order valence-corrected chi connectivity index (χ1v) is 6.91. The lowest BCUT2D eigenvalue weighted by Gasteiger charge is -2.22. The Morgan fingerprint density at radius 2 is 1.95 bits per heavy atom. The maximum Gasteiger partial charge on any atom is 0.311 e. The Labute approximate surface area is 124 Å². The minimum atomic E-state index is -1.48. The Hall–Kier alpha value is -1.50. The highest BCUT2D eigenvalue weighted by atomic mass is 19.1. The number of halogens is 1. The normalized spacial score (nSPS) is 16.8. The zero-order valence-electron chi connectivity index (χ0n) is 12.1. The molecule has 0 bridgehead atoms. The number of esters is 1. The van der Waals surface area contributed by atoms with Crippen molar-refractivity contribution < 1.29 is 19.0 Å². The molecule has 0 fully saturated rings. The molecule has 1 aromatic carbocycles. The molecule has 5 N–H and O–H groups in total. The largest absolute Gasteiger partial charge is 0.469 e. The van der Waals surface area contributed by atoms with E-state index in [9.17, 15) is 14.3 Å². The SMILES string of the molecule is COC(=O)[C@H](CN)[C@H](N)CCC(O)C(F)c1ccccc1. The molecule has 0 saturated heterocycles. The van der Waals surface area contributed by atoms with E-state index in [1.165, 1.54) is 7.11 Å². The number of methoxy groups -OCH3 is 1. The van der Waals surface area contributed by atoms with Crippen LogP contribution < -0.4 is 11.5 Å². The molecule has 0 aromatic heterocycles. The molecular formula is C15H23FN2O3. The summed E-state index contributed by atoms with van der Waals surface area (Å²) in [5.41, 5.74) is 11.8. The van der Waals surface area contributed by atoms with Gasteiger partial charge in [-0.3, -0.25) is 4.79 Å². The second-order valence-corrected chi connectivity index (χ2v) is 4.99. The van der Waals surface area contributed by atoms with E-state index in [-0.39, 0.29) is 19.4 Å². The number of aliphatic hydroxyl groups excluding tert-OH is 1. The second-order valence-electron chi connectivity index (χ2n) is 4.99. The predicted molar refractivity (Wildman–Crippen MR) is 78.1 cm³/mol. The van der Waals surface area contributed by atoms with E-state index in [1.54, 1.807) is 30.3 Å². The lowest BCUT2D eigenvalue weighted by Crippen LogP contribution is -2.41. The van der Waals surface area contributed by atoms with Crippen LogP contribution in [-0.4, -0.2) is 36.9 Å². The number of alkyl halides is 1. The molecular weight excluding hydrogens is 275 g/mol. The summed E-state index contributed by atoms with van der Waals surface area (Å²) in [5, 5.41) is 9.89. The first-order valence-electron chi connectivity index (χ1n) is 6.91. The third-order valence-electron chi connectivity index (χ3n) is 3.53. The molecule has 0 aliphatic heterocycles. The Morgan fingerprint density at radius 1 is 1.33 bits per heavy atom. The highest BCUT2D eigenvalue weighted by Crippen LogP contribution is 2.24. The molecule has 0 radical (unpaired) electrons. The third kappa shape index (κ3) is 5.08. The number of hydrogen-bond acceptors (Lipinski definition) is 5. The van der Waals surface area contributed by atoms with Gasteiger partial charge in [-0.25, -0.2) is 4.39 Å². The van der Waals surface area contributed by atoms with Gasteiger partial charge in [-0.2, -0.15) is 0 Å². The van der Waals surface area contributed by atoms with Gasteiger partial charge in [0.05, 0.1) is 19.1 Å². The number of benzene rings is 1. The number of aliphatic hydroxyl groups is 1. The molecule has 5 nitrogen and oxygen atoms in total. The maximum absolute atomic E-state index is 14.1. The van der Waals surface area contributed by atoms with Gasteiger partial charge in [0, 0.05) is 12.6 Å². The molecule has 21 heavy (non-hydrogen) atoms. The fraction of sp³-hybridized carbons (Fsp3) is 0.533. The quantitative estimate of drug-likeness (QED) is 0.620. The van der Waals surface area contributed by atoms with Crippen LogP contribution in [0.5, 0.6) is 0 Å². The van der Waals surface area contributed by atoms with Crippen LogP contribution in [0.15, 0.2) is 30.3 Å². The van der Waals surface area contributed by atoms with E-state index in [2.05, 4.69) is 4.74 Å². The topological polar surface area (TPSA) is 98.6 Å². The second kappa shape index (κ2) is 8.71. The fourth-order valence-electron chi connectivity index (χ4n) is 2.17. The lowest BCUT2D eigenvalue weighted by atomic mass is 9.93. The van der Waals surface area contributed by atoms with E-state index >= 15 is 0 Å². The van der Waals surface area contributed by atoms with Crippen molar-refractivity contribution in [2.75, 3.05) is 13.7 Å². The average molecular weight is 298 g/mol. The minimum absolute atomic E-state index is 0.0572. The van der Waals surface area contributed by atoms with Crippen molar-refractivity contribution in [2.24, 2.45) is 17.4 Å². The average Bonchev–Trinajstić information content (AvgIpc) is 2.53. The van der Waals surface area contributed by atoms with E-state index in [1.807, 2.05) is 0 Å². The van der Waals surface area contributed by atoms with Crippen molar-refractivity contribution in [3.8, 4) is 0 Å². The zero-order chi connectivity index (χ0) is 15.8. The summed E-state index contributed by atoms with van der Waals surface area (Å²) in [6.45, 7) is 0.0572. The Bertz CT molecular complexity index is 430. The zero-order valence-corrected chi connectivity index (χ0v) is 12.1.